The number of carbonyl (C=O) groups excluding carboxylic acids is 2. The molecule has 0 bridgehead atoms. The highest BCUT2D eigenvalue weighted by Gasteiger charge is 2.51. The van der Waals surface area contributed by atoms with Crippen molar-refractivity contribution in [2.75, 3.05) is 11.4 Å². The lowest BCUT2D eigenvalue weighted by atomic mass is 9.87. The molecule has 1 N–H and O–H groups in total. The van der Waals surface area contributed by atoms with E-state index in [9.17, 15) is 14.7 Å². The van der Waals surface area contributed by atoms with E-state index in [0.29, 0.717) is 23.4 Å². The number of anilines is 1. The van der Waals surface area contributed by atoms with E-state index in [0.717, 1.165) is 28.1 Å². The number of carbonyl (C=O) groups is 2. The number of nitrogens with zero attached hydrogens (tertiary/aromatic N) is 1. The molecule has 0 saturated carbocycles. The van der Waals surface area contributed by atoms with E-state index in [1.165, 1.54) is 0 Å². The minimum atomic E-state index is -1.85. The Morgan fingerprint density at radius 2 is 1.83 bits per heavy atom. The summed E-state index contributed by atoms with van der Waals surface area (Å²) in [6.07, 6.45) is 1.47. The molecule has 0 fully saturated rings. The Hall–Kier alpha value is -2.50. The van der Waals surface area contributed by atoms with Crippen molar-refractivity contribution in [2.24, 2.45) is 0 Å². The van der Waals surface area contributed by atoms with Gasteiger partial charge in [-0.25, -0.2) is 0 Å². The number of benzene rings is 3. The number of aliphatic hydroxyl groups is 1. The van der Waals surface area contributed by atoms with Gasteiger partial charge in [0.1, 0.15) is 0 Å². The summed E-state index contributed by atoms with van der Waals surface area (Å²) in [4.78, 5) is 27.9. The summed E-state index contributed by atoms with van der Waals surface area (Å²) >= 11 is 3.51. The maximum atomic E-state index is 13.2. The zero-order valence-electron chi connectivity index (χ0n) is 16.2. The van der Waals surface area contributed by atoms with Crippen molar-refractivity contribution in [3.05, 3.63) is 76.3 Å². The van der Waals surface area contributed by atoms with Gasteiger partial charge in [0.15, 0.2) is 11.4 Å². The topological polar surface area (TPSA) is 57.6 Å². The van der Waals surface area contributed by atoms with Gasteiger partial charge in [-0.3, -0.25) is 9.59 Å². The Kier molecular flexibility index (Phi) is 5.28. The number of rotatable bonds is 6. The van der Waals surface area contributed by atoms with Gasteiger partial charge in [0.05, 0.1) is 12.1 Å². The third kappa shape index (κ3) is 3.38. The number of Topliss-reactive ketones (excluding diaryl/α,β-unsaturated/α-hetero) is 1. The number of amides is 1. The molecule has 0 radical (unpaired) electrons. The molecule has 3 aromatic carbocycles. The van der Waals surface area contributed by atoms with Crippen LogP contribution in [0.2, 0.25) is 0 Å². The standard InChI is InChI=1S/C24H22BrNO3/c1-2-3-13-26-22-19(9-6-10-20(22)25)24(29,23(26)28)15-21(27)18-12-11-16-7-4-5-8-17(16)14-18/h4-12,14,29H,2-3,13,15H2,1H3. The summed E-state index contributed by atoms with van der Waals surface area (Å²) < 4.78 is 0.744. The molecule has 1 atom stereocenters. The number of hydrogen-bond acceptors (Lipinski definition) is 3. The van der Waals surface area contributed by atoms with Crippen molar-refractivity contribution in [3.8, 4) is 0 Å². The van der Waals surface area contributed by atoms with Crippen molar-refractivity contribution in [2.45, 2.75) is 31.8 Å². The predicted molar refractivity (Wildman–Crippen MR) is 118 cm³/mol. The molecule has 0 aliphatic carbocycles. The first-order valence-corrected chi connectivity index (χ1v) is 10.6. The summed E-state index contributed by atoms with van der Waals surface area (Å²) in [6.45, 7) is 2.56. The van der Waals surface area contributed by atoms with Crippen LogP contribution in [-0.2, 0) is 10.4 Å². The molecule has 29 heavy (non-hydrogen) atoms. The van der Waals surface area contributed by atoms with E-state index in [2.05, 4.69) is 22.9 Å². The first-order valence-electron chi connectivity index (χ1n) is 9.81. The molecule has 1 amide bonds. The summed E-state index contributed by atoms with van der Waals surface area (Å²) in [5.41, 5.74) is -0.203. The van der Waals surface area contributed by atoms with Crippen molar-refractivity contribution in [3.63, 3.8) is 0 Å². The van der Waals surface area contributed by atoms with Crippen LogP contribution >= 0.6 is 15.9 Å². The maximum absolute atomic E-state index is 13.2. The van der Waals surface area contributed by atoms with Crippen molar-refractivity contribution in [1.82, 2.24) is 0 Å². The van der Waals surface area contributed by atoms with Crippen LogP contribution in [0.3, 0.4) is 0 Å². The van der Waals surface area contributed by atoms with E-state index < -0.39 is 11.5 Å². The van der Waals surface area contributed by atoms with Gasteiger partial charge < -0.3 is 10.0 Å². The first kappa shape index (κ1) is 19.8. The van der Waals surface area contributed by atoms with E-state index in [-0.39, 0.29) is 12.2 Å². The van der Waals surface area contributed by atoms with Gasteiger partial charge in [0.25, 0.3) is 5.91 Å². The van der Waals surface area contributed by atoms with Crippen LogP contribution in [0.5, 0.6) is 0 Å². The Morgan fingerprint density at radius 3 is 2.59 bits per heavy atom. The van der Waals surface area contributed by atoms with Gasteiger partial charge in [-0.1, -0.05) is 61.9 Å². The molecule has 5 heteroatoms. The Labute approximate surface area is 178 Å². The van der Waals surface area contributed by atoms with E-state index in [4.69, 9.17) is 0 Å². The normalized spacial score (nSPS) is 18.3. The Morgan fingerprint density at radius 1 is 1.07 bits per heavy atom. The lowest BCUT2D eigenvalue weighted by molar-refractivity contribution is -0.135. The van der Waals surface area contributed by atoms with E-state index in [1.54, 1.807) is 23.1 Å². The lowest BCUT2D eigenvalue weighted by Gasteiger charge is -2.22. The highest BCUT2D eigenvalue weighted by Crippen LogP contribution is 2.46. The van der Waals surface area contributed by atoms with Crippen LogP contribution in [0.4, 0.5) is 5.69 Å². The third-order valence-electron chi connectivity index (χ3n) is 5.52. The fourth-order valence-corrected chi connectivity index (χ4v) is 4.54. The van der Waals surface area contributed by atoms with Crippen molar-refractivity contribution in [1.29, 1.82) is 0 Å². The molecule has 0 spiro atoms. The fraction of sp³-hybridized carbons (Fsp3) is 0.250. The number of ketones is 1. The number of fused-ring (bicyclic) bond motifs is 2. The molecule has 0 saturated heterocycles. The third-order valence-corrected chi connectivity index (χ3v) is 6.16. The Balaban J connectivity index is 1.70. The summed E-state index contributed by atoms with van der Waals surface area (Å²) in [6, 6.07) is 18.6. The smallest absolute Gasteiger partial charge is 0.264 e. The second-order valence-electron chi connectivity index (χ2n) is 7.47. The van der Waals surface area contributed by atoms with Crippen molar-refractivity contribution >= 4 is 44.1 Å². The first-order chi connectivity index (χ1) is 14.0. The van der Waals surface area contributed by atoms with Gasteiger partial charge in [0, 0.05) is 22.1 Å². The highest BCUT2D eigenvalue weighted by atomic mass is 79.9. The Bertz CT molecular complexity index is 1110. The van der Waals surface area contributed by atoms with Gasteiger partial charge in [0.2, 0.25) is 0 Å². The maximum Gasteiger partial charge on any atom is 0.264 e. The molecule has 1 heterocycles. The summed E-state index contributed by atoms with van der Waals surface area (Å²) in [5, 5.41) is 13.4. The van der Waals surface area contributed by atoms with Gasteiger partial charge in [-0.05, 0) is 45.3 Å². The van der Waals surface area contributed by atoms with Crippen molar-refractivity contribution < 1.29 is 14.7 Å². The largest absolute Gasteiger partial charge is 0.375 e. The molecule has 0 aromatic heterocycles. The van der Waals surface area contributed by atoms with Crippen LogP contribution in [0.1, 0.15) is 42.1 Å². The van der Waals surface area contributed by atoms with Gasteiger partial charge in [-0.2, -0.15) is 0 Å². The van der Waals surface area contributed by atoms with E-state index in [1.807, 2.05) is 42.5 Å². The summed E-state index contributed by atoms with van der Waals surface area (Å²) in [7, 11) is 0. The quantitative estimate of drug-likeness (QED) is 0.523. The van der Waals surface area contributed by atoms with E-state index >= 15 is 0 Å². The molecular weight excluding hydrogens is 430 g/mol. The van der Waals surface area contributed by atoms with Crippen LogP contribution in [0.25, 0.3) is 10.8 Å². The second kappa shape index (κ2) is 7.73. The number of halogens is 1. The van der Waals surface area contributed by atoms with Gasteiger partial charge >= 0.3 is 0 Å². The van der Waals surface area contributed by atoms with Crippen LogP contribution < -0.4 is 4.90 Å². The average molecular weight is 452 g/mol. The molecule has 3 aromatic rings. The molecule has 1 aliphatic heterocycles. The summed E-state index contributed by atoms with van der Waals surface area (Å²) in [5.74, 6) is -0.683. The number of unbranched alkanes of at least 4 members (excludes halogenated alkanes) is 1. The van der Waals surface area contributed by atoms with Crippen LogP contribution in [0, 0.1) is 0 Å². The predicted octanol–water partition coefficient (Wildman–Crippen LogP) is 5.21. The number of hydrogen-bond donors (Lipinski definition) is 1. The highest BCUT2D eigenvalue weighted by molar-refractivity contribution is 9.10. The lowest BCUT2D eigenvalue weighted by Crippen LogP contribution is -2.42. The molecule has 4 rings (SSSR count). The van der Waals surface area contributed by atoms with Crippen LogP contribution in [0.15, 0.2) is 65.1 Å². The zero-order valence-corrected chi connectivity index (χ0v) is 17.8. The average Bonchev–Trinajstić information content (AvgIpc) is 2.94. The minimum absolute atomic E-state index is 0.255. The SMILES string of the molecule is CCCCN1C(=O)C(O)(CC(=O)c2ccc3ccccc3c2)c2cccc(Br)c21. The molecule has 1 aliphatic rings. The second-order valence-corrected chi connectivity index (χ2v) is 8.32. The molecule has 4 nitrogen and oxygen atoms in total. The monoisotopic (exact) mass is 451 g/mol. The van der Waals surface area contributed by atoms with Crippen LogP contribution in [-0.4, -0.2) is 23.3 Å². The molecule has 148 valence electrons. The molecular formula is C24H22BrNO3. The van der Waals surface area contributed by atoms with Gasteiger partial charge in [-0.15, -0.1) is 0 Å². The fourth-order valence-electron chi connectivity index (χ4n) is 3.96. The minimum Gasteiger partial charge on any atom is -0.375 e. The number of para-hydroxylation sites is 1. The molecule has 1 unspecified atom stereocenters. The zero-order chi connectivity index (χ0) is 20.6.